The topological polar surface area (TPSA) is 157 Å². The zero-order chi connectivity index (χ0) is 31.5. The van der Waals surface area contributed by atoms with Crippen molar-refractivity contribution in [2.45, 2.75) is 70.8 Å². The van der Waals surface area contributed by atoms with Crippen LogP contribution in [0.5, 0.6) is 11.6 Å². The number of anilines is 1. The van der Waals surface area contributed by atoms with Gasteiger partial charge in [-0.25, -0.2) is 13.2 Å². The molecule has 5 N–H and O–H groups in total. The Kier molecular flexibility index (Phi) is 9.46. The quantitative estimate of drug-likeness (QED) is 0.200. The van der Waals surface area contributed by atoms with Gasteiger partial charge in [-0.1, -0.05) is 0 Å². The van der Waals surface area contributed by atoms with E-state index < -0.39 is 30.5 Å². The van der Waals surface area contributed by atoms with E-state index in [1.54, 1.807) is 19.2 Å². The molecule has 0 bridgehead atoms. The molecule has 2 aromatic heterocycles. The van der Waals surface area contributed by atoms with Gasteiger partial charge in [-0.2, -0.15) is 10.1 Å². The number of aromatic nitrogens is 3. The monoisotopic (exact) mass is 603 g/mol. The van der Waals surface area contributed by atoms with E-state index >= 15 is 0 Å². The second-order valence-corrected chi connectivity index (χ2v) is 11.3. The van der Waals surface area contributed by atoms with Gasteiger partial charge >= 0.3 is 0 Å². The number of amides is 2. The summed E-state index contributed by atoms with van der Waals surface area (Å²) in [6.07, 6.45) is -0.00541. The van der Waals surface area contributed by atoms with Crippen LogP contribution in [0.25, 0.3) is 10.9 Å². The maximum Gasteiger partial charge on any atom is 0.272 e. The minimum Gasteiger partial charge on any atom is -0.490 e. The van der Waals surface area contributed by atoms with Crippen molar-refractivity contribution in [3.05, 3.63) is 41.1 Å². The summed E-state index contributed by atoms with van der Waals surface area (Å²) < 4.78 is 52.9. The van der Waals surface area contributed by atoms with Gasteiger partial charge in [0.2, 0.25) is 5.88 Å². The number of alkyl halides is 3. The Labute approximate surface area is 246 Å². The van der Waals surface area contributed by atoms with Crippen LogP contribution in [0, 0.1) is 11.3 Å². The van der Waals surface area contributed by atoms with Crippen molar-refractivity contribution in [2.75, 3.05) is 19.0 Å². The predicted octanol–water partition coefficient (Wildman–Crippen LogP) is 4.33. The molecule has 1 aliphatic rings. The minimum atomic E-state index is -2.70. The van der Waals surface area contributed by atoms with Gasteiger partial charge in [0.1, 0.15) is 36.0 Å². The molecule has 11 nitrogen and oxygen atoms in total. The molecule has 43 heavy (non-hydrogen) atoms. The van der Waals surface area contributed by atoms with Crippen LogP contribution in [0.3, 0.4) is 0 Å². The largest absolute Gasteiger partial charge is 0.490 e. The molecule has 1 fully saturated rings. The summed E-state index contributed by atoms with van der Waals surface area (Å²) in [5, 5.41) is 17.9. The number of hydrogen-bond donors (Lipinski definition) is 4. The highest BCUT2D eigenvalue weighted by atomic mass is 19.3. The lowest BCUT2D eigenvalue weighted by Gasteiger charge is -2.37. The molecule has 1 aliphatic carbocycles. The predicted molar refractivity (Wildman–Crippen MR) is 155 cm³/mol. The SMILES string of the molecule is CNc1nc(O[C@@H](C)CC2CC(NC(=O)c3nn(CC(F)F)c4cc(OCC(C)(C)F)ccc34)C2)c(C(N)=O)cc1C=N. The summed E-state index contributed by atoms with van der Waals surface area (Å²) in [5.74, 6) is -0.246. The van der Waals surface area contributed by atoms with Gasteiger partial charge in [0.25, 0.3) is 18.2 Å². The van der Waals surface area contributed by atoms with Gasteiger partial charge in [-0.05, 0) is 64.2 Å². The zero-order valence-corrected chi connectivity index (χ0v) is 24.4. The van der Waals surface area contributed by atoms with Crippen molar-refractivity contribution < 1.29 is 32.2 Å². The molecule has 232 valence electrons. The van der Waals surface area contributed by atoms with Crippen LogP contribution in [0.2, 0.25) is 0 Å². The average molecular weight is 604 g/mol. The number of fused-ring (bicyclic) bond motifs is 1. The zero-order valence-electron chi connectivity index (χ0n) is 24.4. The third kappa shape index (κ3) is 7.73. The number of ether oxygens (including phenoxy) is 2. The van der Waals surface area contributed by atoms with Crippen LogP contribution >= 0.6 is 0 Å². The molecule has 0 spiro atoms. The van der Waals surface area contributed by atoms with Crippen molar-refractivity contribution in [1.29, 1.82) is 5.41 Å². The van der Waals surface area contributed by atoms with Gasteiger partial charge in [-0.3, -0.25) is 14.3 Å². The smallest absolute Gasteiger partial charge is 0.272 e. The van der Waals surface area contributed by atoms with E-state index in [-0.39, 0.29) is 53.1 Å². The Hall–Kier alpha value is -4.36. The fourth-order valence-electron chi connectivity index (χ4n) is 5.03. The Morgan fingerprint density at radius 1 is 1.28 bits per heavy atom. The summed E-state index contributed by atoms with van der Waals surface area (Å²) in [6, 6.07) is 5.90. The van der Waals surface area contributed by atoms with E-state index in [0.717, 1.165) is 10.9 Å². The number of rotatable bonds is 14. The number of carbonyl (C=O) groups excluding carboxylic acids is 2. The first-order valence-corrected chi connectivity index (χ1v) is 13.9. The van der Waals surface area contributed by atoms with Crippen molar-refractivity contribution in [1.82, 2.24) is 20.1 Å². The van der Waals surface area contributed by atoms with Gasteiger partial charge in [0.15, 0.2) is 5.69 Å². The van der Waals surface area contributed by atoms with Crippen molar-refractivity contribution in [2.24, 2.45) is 11.7 Å². The Morgan fingerprint density at radius 2 is 2.00 bits per heavy atom. The highest BCUT2D eigenvalue weighted by molar-refractivity contribution is 6.05. The summed E-state index contributed by atoms with van der Waals surface area (Å²) in [6.45, 7) is 3.64. The van der Waals surface area contributed by atoms with E-state index in [4.69, 9.17) is 20.6 Å². The molecule has 1 atom stereocenters. The molecule has 0 saturated heterocycles. The number of halogens is 3. The normalized spacial score (nSPS) is 17.3. The molecule has 3 aromatic rings. The molecule has 1 saturated carbocycles. The molecule has 14 heteroatoms. The standard InChI is InChI=1S/C29H36F3N7O4/c1-15(43-28-21(25(34)40)10-17(12-33)26(35-4)37-28)7-16-8-18(9-16)36-27(41)24-20-6-5-19(42-14-29(2,3)32)11-22(20)39(38-24)13-23(30)31/h5-6,10-12,15-16,18,23,33H,7-9,13-14H2,1-4H3,(H2,34,40)(H,35,37)(H,36,41)/t15-,16?,18?/m0/s1. The fourth-order valence-corrected chi connectivity index (χ4v) is 5.03. The summed E-state index contributed by atoms with van der Waals surface area (Å²) in [5.41, 5.74) is 4.69. The second kappa shape index (κ2) is 12.9. The van der Waals surface area contributed by atoms with E-state index in [2.05, 4.69) is 20.7 Å². The number of nitrogens with two attached hydrogens (primary N) is 1. The van der Waals surface area contributed by atoms with Gasteiger partial charge in [0, 0.05) is 36.3 Å². The van der Waals surface area contributed by atoms with Crippen LogP contribution in [-0.2, 0) is 6.54 Å². The van der Waals surface area contributed by atoms with Crippen LogP contribution < -0.4 is 25.8 Å². The molecular weight excluding hydrogens is 567 g/mol. The van der Waals surface area contributed by atoms with Gasteiger partial charge < -0.3 is 31.3 Å². The molecule has 2 heterocycles. The third-order valence-electron chi connectivity index (χ3n) is 7.05. The average Bonchev–Trinajstić information content (AvgIpc) is 3.26. The van der Waals surface area contributed by atoms with Crippen LogP contribution in [0.4, 0.5) is 19.0 Å². The highest BCUT2D eigenvalue weighted by Gasteiger charge is 2.33. The summed E-state index contributed by atoms with van der Waals surface area (Å²) >= 11 is 0. The maximum atomic E-state index is 13.9. The van der Waals surface area contributed by atoms with Crippen molar-refractivity contribution in [3.63, 3.8) is 0 Å². The molecule has 4 rings (SSSR count). The van der Waals surface area contributed by atoms with Crippen LogP contribution in [-0.4, -0.2) is 70.7 Å². The first kappa shape index (κ1) is 31.6. The molecule has 0 unspecified atom stereocenters. The Morgan fingerprint density at radius 3 is 2.60 bits per heavy atom. The number of benzene rings is 1. The lowest BCUT2D eigenvalue weighted by molar-refractivity contribution is 0.0839. The maximum absolute atomic E-state index is 13.9. The van der Waals surface area contributed by atoms with Crippen LogP contribution in [0.15, 0.2) is 24.3 Å². The minimum absolute atomic E-state index is 0.0203. The van der Waals surface area contributed by atoms with Crippen molar-refractivity contribution in [3.8, 4) is 11.6 Å². The van der Waals surface area contributed by atoms with E-state index in [9.17, 15) is 22.8 Å². The number of hydrogen-bond acceptors (Lipinski definition) is 8. The molecular formula is C29H36F3N7O4. The first-order valence-electron chi connectivity index (χ1n) is 13.9. The molecule has 0 aliphatic heterocycles. The number of primary amides is 1. The summed E-state index contributed by atoms with van der Waals surface area (Å²) in [4.78, 5) is 29.4. The number of nitrogens with zero attached hydrogens (tertiary/aromatic N) is 3. The van der Waals surface area contributed by atoms with Gasteiger partial charge in [-0.15, -0.1) is 0 Å². The fraction of sp³-hybridized carbons (Fsp3) is 0.483. The lowest BCUT2D eigenvalue weighted by Crippen LogP contribution is -2.45. The van der Waals surface area contributed by atoms with E-state index in [1.165, 1.54) is 26.0 Å². The molecule has 2 amide bonds. The molecule has 0 radical (unpaired) electrons. The lowest BCUT2D eigenvalue weighted by atomic mass is 9.77. The van der Waals surface area contributed by atoms with E-state index in [0.29, 0.717) is 36.0 Å². The second-order valence-electron chi connectivity index (χ2n) is 11.3. The number of pyridine rings is 1. The van der Waals surface area contributed by atoms with Gasteiger partial charge in [0.05, 0.1) is 11.6 Å². The van der Waals surface area contributed by atoms with Crippen LogP contribution in [0.1, 0.15) is 66.4 Å². The van der Waals surface area contributed by atoms with E-state index in [1.807, 2.05) is 6.92 Å². The number of nitrogens with one attached hydrogen (secondary N) is 3. The van der Waals surface area contributed by atoms with Crippen molar-refractivity contribution >= 4 is 34.7 Å². The Balaban J connectivity index is 1.38. The summed E-state index contributed by atoms with van der Waals surface area (Å²) in [7, 11) is 1.64. The Bertz CT molecular complexity index is 1500. The number of carbonyl (C=O) groups is 2. The highest BCUT2D eigenvalue weighted by Crippen LogP contribution is 2.34. The first-order chi connectivity index (χ1) is 20.3. The third-order valence-corrected chi connectivity index (χ3v) is 7.05. The molecule has 1 aromatic carbocycles.